The normalized spacial score (nSPS) is 15.9. The average molecular weight is 424 g/mol. The highest BCUT2D eigenvalue weighted by Gasteiger charge is 2.33. The lowest BCUT2D eigenvalue weighted by atomic mass is 9.89. The molecule has 1 aliphatic heterocycles. The SMILES string of the molecule is N#Cc1cccc([C@@H]([C@H](O)c2cccnc2-c2cc(Cl)cc(Cl)c2)N2CCC2)c1. The molecular formula is C23H19Cl2N3O. The molecule has 0 saturated carbocycles. The first-order chi connectivity index (χ1) is 14.1. The van der Waals surface area contributed by atoms with E-state index in [0.717, 1.165) is 30.6 Å². The Labute approximate surface area is 180 Å². The number of likely N-dealkylation sites (tertiary alicyclic amines) is 1. The molecule has 0 bridgehead atoms. The maximum Gasteiger partial charge on any atom is 0.101 e. The van der Waals surface area contributed by atoms with E-state index in [4.69, 9.17) is 23.2 Å². The topological polar surface area (TPSA) is 60.1 Å². The van der Waals surface area contributed by atoms with Gasteiger partial charge in [0.05, 0.1) is 23.4 Å². The summed E-state index contributed by atoms with van der Waals surface area (Å²) in [6.07, 6.45) is 1.95. The first kappa shape index (κ1) is 19.9. The van der Waals surface area contributed by atoms with Crippen LogP contribution in [0.5, 0.6) is 0 Å². The molecular weight excluding hydrogens is 405 g/mol. The van der Waals surface area contributed by atoms with Crippen molar-refractivity contribution in [2.24, 2.45) is 0 Å². The molecule has 0 aliphatic carbocycles. The van der Waals surface area contributed by atoms with Crippen molar-refractivity contribution in [1.29, 1.82) is 5.26 Å². The number of hydrogen-bond donors (Lipinski definition) is 1. The summed E-state index contributed by atoms with van der Waals surface area (Å²) < 4.78 is 0. The average Bonchev–Trinajstić information content (AvgIpc) is 2.69. The van der Waals surface area contributed by atoms with E-state index in [2.05, 4.69) is 16.0 Å². The van der Waals surface area contributed by atoms with Gasteiger partial charge in [-0.1, -0.05) is 41.4 Å². The summed E-state index contributed by atoms with van der Waals surface area (Å²) >= 11 is 12.4. The number of halogens is 2. The minimum atomic E-state index is -0.828. The zero-order valence-electron chi connectivity index (χ0n) is 15.6. The standard InChI is InChI=1S/C23H19Cl2N3O/c24-18-11-17(12-19(25)13-18)21-20(6-2-7-27-21)23(29)22(28-8-3-9-28)16-5-1-4-15(10-16)14-26/h1-2,4-7,10-13,22-23,29H,3,8-9H2/t22-,23+/m0/s1. The summed E-state index contributed by atoms with van der Waals surface area (Å²) in [4.78, 5) is 6.74. The Hall–Kier alpha value is -2.42. The van der Waals surface area contributed by atoms with Gasteiger partial charge >= 0.3 is 0 Å². The molecule has 0 radical (unpaired) electrons. The van der Waals surface area contributed by atoms with Gasteiger partial charge in [0.1, 0.15) is 6.10 Å². The highest BCUT2D eigenvalue weighted by atomic mass is 35.5. The number of nitrogens with zero attached hydrogens (tertiary/aromatic N) is 3. The molecule has 4 rings (SSSR count). The van der Waals surface area contributed by atoms with Gasteiger partial charge in [0.15, 0.2) is 0 Å². The second kappa shape index (κ2) is 8.52. The van der Waals surface area contributed by atoms with Crippen molar-refractivity contribution >= 4 is 23.2 Å². The van der Waals surface area contributed by atoms with Gasteiger partial charge < -0.3 is 5.11 Å². The summed E-state index contributed by atoms with van der Waals surface area (Å²) in [5.41, 5.74) is 3.59. The van der Waals surface area contributed by atoms with Crippen LogP contribution in [-0.2, 0) is 0 Å². The molecule has 3 aromatic rings. The number of aliphatic hydroxyl groups excluding tert-OH is 1. The van der Waals surface area contributed by atoms with Crippen LogP contribution in [-0.4, -0.2) is 28.1 Å². The smallest absolute Gasteiger partial charge is 0.101 e. The van der Waals surface area contributed by atoms with Crippen LogP contribution in [0.2, 0.25) is 10.0 Å². The molecule has 0 spiro atoms. The highest BCUT2D eigenvalue weighted by Crippen LogP contribution is 2.40. The van der Waals surface area contributed by atoms with Crippen LogP contribution in [0.3, 0.4) is 0 Å². The predicted molar refractivity (Wildman–Crippen MR) is 115 cm³/mol. The summed E-state index contributed by atoms with van der Waals surface area (Å²) in [5.74, 6) is 0. The third-order valence-electron chi connectivity index (χ3n) is 5.23. The first-order valence-corrected chi connectivity index (χ1v) is 10.2. The van der Waals surface area contributed by atoms with Gasteiger partial charge in [-0.3, -0.25) is 9.88 Å². The molecule has 29 heavy (non-hydrogen) atoms. The van der Waals surface area contributed by atoms with E-state index in [9.17, 15) is 10.4 Å². The number of hydrogen-bond acceptors (Lipinski definition) is 4. The van der Waals surface area contributed by atoms with Gasteiger partial charge in [-0.25, -0.2) is 0 Å². The van der Waals surface area contributed by atoms with E-state index in [1.807, 2.05) is 30.3 Å². The molecule has 2 heterocycles. The molecule has 1 aliphatic rings. The third kappa shape index (κ3) is 4.14. The van der Waals surface area contributed by atoms with Crippen LogP contribution >= 0.6 is 23.2 Å². The van der Waals surface area contributed by atoms with E-state index in [1.165, 1.54) is 0 Å². The number of rotatable bonds is 5. The lowest BCUT2D eigenvalue weighted by Gasteiger charge is -2.41. The summed E-state index contributed by atoms with van der Waals surface area (Å²) in [6, 6.07) is 18.3. The van der Waals surface area contributed by atoms with Gasteiger partial charge in [-0.05, 0) is 48.4 Å². The Kier molecular flexibility index (Phi) is 5.84. The minimum absolute atomic E-state index is 0.269. The molecule has 4 nitrogen and oxygen atoms in total. The van der Waals surface area contributed by atoms with Crippen LogP contribution in [0.1, 0.15) is 35.3 Å². The molecule has 1 N–H and O–H groups in total. The van der Waals surface area contributed by atoms with Crippen molar-refractivity contribution in [3.05, 3.63) is 87.5 Å². The lowest BCUT2D eigenvalue weighted by Crippen LogP contribution is -2.42. The van der Waals surface area contributed by atoms with Crippen molar-refractivity contribution in [3.63, 3.8) is 0 Å². The van der Waals surface area contributed by atoms with Crippen molar-refractivity contribution in [1.82, 2.24) is 9.88 Å². The maximum absolute atomic E-state index is 11.5. The number of pyridine rings is 1. The molecule has 6 heteroatoms. The number of nitriles is 1. The number of aromatic nitrogens is 1. The third-order valence-corrected chi connectivity index (χ3v) is 5.67. The van der Waals surface area contributed by atoms with Crippen LogP contribution < -0.4 is 0 Å². The molecule has 1 aromatic heterocycles. The van der Waals surface area contributed by atoms with Crippen LogP contribution in [0.4, 0.5) is 0 Å². The van der Waals surface area contributed by atoms with Gasteiger partial charge in [0, 0.05) is 40.5 Å². The van der Waals surface area contributed by atoms with Gasteiger partial charge in [0.2, 0.25) is 0 Å². The van der Waals surface area contributed by atoms with E-state index in [0.29, 0.717) is 26.9 Å². The molecule has 146 valence electrons. The fourth-order valence-electron chi connectivity index (χ4n) is 3.76. The van der Waals surface area contributed by atoms with Crippen molar-refractivity contribution < 1.29 is 5.11 Å². The molecule has 1 saturated heterocycles. The van der Waals surface area contributed by atoms with E-state index >= 15 is 0 Å². The Morgan fingerprint density at radius 1 is 1.03 bits per heavy atom. The van der Waals surface area contributed by atoms with Gasteiger partial charge in [-0.2, -0.15) is 5.26 Å². The van der Waals surface area contributed by atoms with Crippen molar-refractivity contribution in [3.8, 4) is 17.3 Å². The second-order valence-corrected chi connectivity index (χ2v) is 7.99. The monoisotopic (exact) mass is 423 g/mol. The molecule has 2 aromatic carbocycles. The summed E-state index contributed by atoms with van der Waals surface area (Å²) in [7, 11) is 0. The predicted octanol–water partition coefficient (Wildman–Crippen LogP) is 5.41. The van der Waals surface area contributed by atoms with Crippen LogP contribution in [0.25, 0.3) is 11.3 Å². The fourth-order valence-corrected chi connectivity index (χ4v) is 4.29. The van der Waals surface area contributed by atoms with Crippen molar-refractivity contribution in [2.75, 3.05) is 13.1 Å². The second-order valence-electron chi connectivity index (χ2n) is 7.12. The fraction of sp³-hybridized carbons (Fsp3) is 0.217. The summed E-state index contributed by atoms with van der Waals surface area (Å²) in [6.45, 7) is 1.80. The molecule has 0 amide bonds. The van der Waals surface area contributed by atoms with E-state index in [1.54, 1.807) is 30.5 Å². The van der Waals surface area contributed by atoms with Gasteiger partial charge in [-0.15, -0.1) is 0 Å². The van der Waals surface area contributed by atoms with Crippen molar-refractivity contribution in [2.45, 2.75) is 18.6 Å². The van der Waals surface area contributed by atoms with E-state index in [-0.39, 0.29) is 6.04 Å². The Bertz CT molecular complexity index is 1060. The quantitative estimate of drug-likeness (QED) is 0.595. The first-order valence-electron chi connectivity index (χ1n) is 9.40. The number of aliphatic hydroxyl groups is 1. The zero-order chi connectivity index (χ0) is 20.4. The van der Waals surface area contributed by atoms with E-state index < -0.39 is 6.10 Å². The van der Waals surface area contributed by atoms with Gasteiger partial charge in [0.25, 0.3) is 0 Å². The minimum Gasteiger partial charge on any atom is -0.386 e. The zero-order valence-corrected chi connectivity index (χ0v) is 17.1. The Morgan fingerprint density at radius 3 is 2.45 bits per heavy atom. The van der Waals surface area contributed by atoms with Crippen LogP contribution in [0.15, 0.2) is 60.8 Å². The summed E-state index contributed by atoms with van der Waals surface area (Å²) in [5, 5.41) is 21.8. The maximum atomic E-state index is 11.5. The lowest BCUT2D eigenvalue weighted by molar-refractivity contribution is 0.0130. The largest absolute Gasteiger partial charge is 0.386 e. The Morgan fingerprint density at radius 2 is 1.79 bits per heavy atom. The Balaban J connectivity index is 1.79. The molecule has 2 atom stereocenters. The number of benzene rings is 2. The molecule has 1 fully saturated rings. The van der Waals surface area contributed by atoms with Crippen LogP contribution in [0, 0.1) is 11.3 Å². The molecule has 0 unspecified atom stereocenters. The highest BCUT2D eigenvalue weighted by molar-refractivity contribution is 6.35.